The van der Waals surface area contributed by atoms with Crippen molar-refractivity contribution < 1.29 is 20.4 Å². The highest BCUT2D eigenvalue weighted by molar-refractivity contribution is 5.52. The number of rotatable bonds is 3. The summed E-state index contributed by atoms with van der Waals surface area (Å²) in [6, 6.07) is 6.95. The Kier molecular flexibility index (Phi) is 5.18. The zero-order valence-corrected chi connectivity index (χ0v) is 16.5. The Morgan fingerprint density at radius 3 is 1.15 bits per heavy atom. The van der Waals surface area contributed by atoms with E-state index in [0.717, 1.165) is 11.1 Å². The summed E-state index contributed by atoms with van der Waals surface area (Å²) in [4.78, 5) is 0. The molecule has 0 bridgehead atoms. The minimum absolute atomic E-state index is 0.131. The van der Waals surface area contributed by atoms with Crippen LogP contribution in [0, 0.1) is 0 Å². The van der Waals surface area contributed by atoms with Gasteiger partial charge in [0, 0.05) is 0 Å². The summed E-state index contributed by atoms with van der Waals surface area (Å²) >= 11 is 0. The van der Waals surface area contributed by atoms with Crippen LogP contribution in [0.1, 0.15) is 63.8 Å². The lowest BCUT2D eigenvalue weighted by Crippen LogP contribution is -2.12. The lowest BCUT2D eigenvalue weighted by molar-refractivity contribution is 0.393. The van der Waals surface area contributed by atoms with Gasteiger partial charge in [-0.2, -0.15) is 0 Å². The average molecular weight is 358 g/mol. The van der Waals surface area contributed by atoms with E-state index >= 15 is 0 Å². The van der Waals surface area contributed by atoms with Crippen LogP contribution in [0.2, 0.25) is 0 Å². The van der Waals surface area contributed by atoms with Crippen LogP contribution in [0.15, 0.2) is 24.3 Å². The molecule has 4 N–H and O–H groups in total. The molecule has 0 spiro atoms. The SMILES string of the molecule is CC(C)(C)c1cc(O)c(O)c(CCc2cc(C(C)(C)C)cc(O)c2O)c1. The van der Waals surface area contributed by atoms with Gasteiger partial charge in [-0.15, -0.1) is 0 Å². The number of phenolic OH excluding ortho intramolecular Hbond substituents is 4. The average Bonchev–Trinajstić information content (AvgIpc) is 2.49. The smallest absolute Gasteiger partial charge is 0.160 e. The van der Waals surface area contributed by atoms with Crippen molar-refractivity contribution in [2.75, 3.05) is 0 Å². The topological polar surface area (TPSA) is 80.9 Å². The number of hydrogen-bond donors (Lipinski definition) is 4. The first-order chi connectivity index (χ1) is 11.8. The second-order valence-corrected chi connectivity index (χ2v) is 9.01. The Bertz CT molecular complexity index is 739. The molecule has 0 unspecified atom stereocenters. The van der Waals surface area contributed by atoms with Crippen LogP contribution in [-0.4, -0.2) is 20.4 Å². The number of phenols is 4. The zero-order valence-electron chi connectivity index (χ0n) is 16.5. The third-order valence-electron chi connectivity index (χ3n) is 4.73. The van der Waals surface area contributed by atoms with E-state index in [2.05, 4.69) is 0 Å². The number of benzene rings is 2. The van der Waals surface area contributed by atoms with E-state index in [-0.39, 0.29) is 33.8 Å². The molecular weight excluding hydrogens is 328 g/mol. The molecule has 0 saturated heterocycles. The molecule has 0 aliphatic rings. The molecule has 0 amide bonds. The maximum absolute atomic E-state index is 10.2. The molecule has 0 atom stereocenters. The van der Waals surface area contributed by atoms with Crippen molar-refractivity contribution in [2.24, 2.45) is 0 Å². The van der Waals surface area contributed by atoms with E-state index in [9.17, 15) is 20.4 Å². The standard InChI is InChI=1S/C22H30O4/c1-21(2,3)15-9-13(19(25)17(23)11-15)7-8-14-10-16(22(4,5)6)12-18(24)20(14)26/h9-12,23-26H,7-8H2,1-6H3. The summed E-state index contributed by atoms with van der Waals surface area (Å²) < 4.78 is 0. The van der Waals surface area contributed by atoms with Gasteiger partial charge in [0.1, 0.15) is 0 Å². The molecule has 0 aliphatic carbocycles. The van der Waals surface area contributed by atoms with Crippen molar-refractivity contribution in [2.45, 2.75) is 65.2 Å². The normalized spacial score (nSPS) is 12.4. The minimum atomic E-state index is -0.160. The molecule has 2 aromatic rings. The summed E-state index contributed by atoms with van der Waals surface area (Å²) in [6.45, 7) is 12.2. The second kappa shape index (κ2) is 6.75. The number of hydrogen-bond acceptors (Lipinski definition) is 4. The van der Waals surface area contributed by atoms with Crippen molar-refractivity contribution in [1.82, 2.24) is 0 Å². The molecular formula is C22H30O4. The van der Waals surface area contributed by atoms with Crippen molar-refractivity contribution in [3.8, 4) is 23.0 Å². The zero-order chi connectivity index (χ0) is 19.9. The Morgan fingerprint density at radius 1 is 0.577 bits per heavy atom. The van der Waals surface area contributed by atoms with Gasteiger partial charge in [-0.25, -0.2) is 0 Å². The highest BCUT2D eigenvalue weighted by Crippen LogP contribution is 2.38. The lowest BCUT2D eigenvalue weighted by Gasteiger charge is -2.22. The van der Waals surface area contributed by atoms with Crippen LogP contribution in [-0.2, 0) is 23.7 Å². The molecule has 0 fully saturated rings. The Labute approximate surface area is 155 Å². The van der Waals surface area contributed by atoms with Crippen molar-refractivity contribution in [3.05, 3.63) is 46.5 Å². The summed E-state index contributed by atoms with van der Waals surface area (Å²) in [5.74, 6) is -0.534. The Hall–Kier alpha value is -2.36. The highest BCUT2D eigenvalue weighted by atomic mass is 16.3. The molecule has 0 aliphatic heterocycles. The van der Waals surface area contributed by atoms with Crippen LogP contribution in [0.25, 0.3) is 0 Å². The second-order valence-electron chi connectivity index (χ2n) is 9.01. The van der Waals surface area contributed by atoms with Crippen LogP contribution in [0.5, 0.6) is 23.0 Å². The van der Waals surface area contributed by atoms with Gasteiger partial charge in [-0.05, 0) is 58.1 Å². The quantitative estimate of drug-likeness (QED) is 0.589. The van der Waals surface area contributed by atoms with Gasteiger partial charge in [0.25, 0.3) is 0 Å². The molecule has 2 rings (SSSR count). The van der Waals surface area contributed by atoms with Crippen molar-refractivity contribution in [1.29, 1.82) is 0 Å². The monoisotopic (exact) mass is 358 g/mol. The summed E-state index contributed by atoms with van der Waals surface area (Å²) in [7, 11) is 0. The molecule has 0 aromatic heterocycles. The maximum Gasteiger partial charge on any atom is 0.160 e. The number of aromatic hydroxyl groups is 4. The van der Waals surface area contributed by atoms with Crippen LogP contribution in [0.3, 0.4) is 0 Å². The summed E-state index contributed by atoms with van der Waals surface area (Å²) in [5.41, 5.74) is 2.78. The van der Waals surface area contributed by atoms with E-state index in [1.165, 1.54) is 0 Å². The van der Waals surface area contributed by atoms with Crippen molar-refractivity contribution in [3.63, 3.8) is 0 Å². The maximum atomic E-state index is 10.2. The van der Waals surface area contributed by atoms with Crippen molar-refractivity contribution >= 4 is 0 Å². The predicted octanol–water partition coefficient (Wildman–Crippen LogP) is 4.89. The largest absolute Gasteiger partial charge is 0.504 e. The van der Waals surface area contributed by atoms with Gasteiger partial charge in [0.05, 0.1) is 0 Å². The molecule has 0 saturated carbocycles. The molecule has 2 aromatic carbocycles. The van der Waals surface area contributed by atoms with Gasteiger partial charge in [-0.3, -0.25) is 0 Å². The highest BCUT2D eigenvalue weighted by Gasteiger charge is 2.21. The van der Waals surface area contributed by atoms with Gasteiger partial charge >= 0.3 is 0 Å². The Morgan fingerprint density at radius 2 is 0.885 bits per heavy atom. The first-order valence-electron chi connectivity index (χ1n) is 8.91. The third kappa shape index (κ3) is 4.24. The first kappa shape index (κ1) is 20.0. The molecule has 0 radical (unpaired) electrons. The number of aryl methyl sites for hydroxylation is 2. The van der Waals surface area contributed by atoms with Crippen LogP contribution >= 0.6 is 0 Å². The van der Waals surface area contributed by atoms with E-state index in [0.29, 0.717) is 24.0 Å². The predicted molar refractivity (Wildman–Crippen MR) is 104 cm³/mol. The van der Waals surface area contributed by atoms with E-state index < -0.39 is 0 Å². The van der Waals surface area contributed by atoms with Gasteiger partial charge in [-0.1, -0.05) is 53.7 Å². The van der Waals surface area contributed by atoms with E-state index in [4.69, 9.17) is 0 Å². The molecule has 0 heterocycles. The summed E-state index contributed by atoms with van der Waals surface area (Å²) in [6.07, 6.45) is 0.869. The van der Waals surface area contributed by atoms with Gasteiger partial charge in [0.15, 0.2) is 23.0 Å². The van der Waals surface area contributed by atoms with Crippen LogP contribution in [0.4, 0.5) is 0 Å². The van der Waals surface area contributed by atoms with Crippen LogP contribution < -0.4 is 0 Å². The fourth-order valence-corrected chi connectivity index (χ4v) is 2.87. The minimum Gasteiger partial charge on any atom is -0.504 e. The molecule has 26 heavy (non-hydrogen) atoms. The molecule has 142 valence electrons. The summed E-state index contributed by atoms with van der Waals surface area (Å²) in [5, 5.41) is 40.5. The first-order valence-corrected chi connectivity index (χ1v) is 8.91. The fraction of sp³-hybridized carbons (Fsp3) is 0.455. The Balaban J connectivity index is 2.38. The fourth-order valence-electron chi connectivity index (χ4n) is 2.87. The van der Waals surface area contributed by atoms with Gasteiger partial charge in [0.2, 0.25) is 0 Å². The molecule has 4 heteroatoms. The third-order valence-corrected chi connectivity index (χ3v) is 4.73. The van der Waals surface area contributed by atoms with Gasteiger partial charge < -0.3 is 20.4 Å². The molecule has 4 nitrogen and oxygen atoms in total. The van der Waals surface area contributed by atoms with E-state index in [1.54, 1.807) is 12.1 Å². The van der Waals surface area contributed by atoms with E-state index in [1.807, 2.05) is 53.7 Å². The lowest BCUT2D eigenvalue weighted by atomic mass is 9.84.